The van der Waals surface area contributed by atoms with E-state index in [0.29, 0.717) is 5.84 Å². The zero-order valence-electron chi connectivity index (χ0n) is 10.9. The minimum Gasteiger partial charge on any atom is -0.308 e. The number of para-hydroxylation sites is 1. The molecule has 0 aliphatic rings. The van der Waals surface area contributed by atoms with Crippen molar-refractivity contribution in [2.75, 3.05) is 0 Å². The van der Waals surface area contributed by atoms with Crippen molar-refractivity contribution in [3.63, 3.8) is 0 Å². The fraction of sp³-hybridized carbons (Fsp3) is 0.286. The van der Waals surface area contributed by atoms with Crippen LogP contribution in [0.1, 0.15) is 26.3 Å². The van der Waals surface area contributed by atoms with Gasteiger partial charge in [-0.1, -0.05) is 18.2 Å². The van der Waals surface area contributed by atoms with E-state index in [1.54, 1.807) is 6.20 Å². The number of hydrazine groups is 1. The van der Waals surface area contributed by atoms with Crippen LogP contribution >= 0.6 is 0 Å². The number of nitrogens with zero attached hydrogens (tertiary/aromatic N) is 2. The molecule has 0 radical (unpaired) electrons. The van der Waals surface area contributed by atoms with Crippen molar-refractivity contribution in [2.24, 2.45) is 10.8 Å². The van der Waals surface area contributed by atoms with Crippen LogP contribution in [0.4, 0.5) is 0 Å². The highest BCUT2D eigenvalue weighted by Crippen LogP contribution is 2.17. The molecule has 94 valence electrons. The second-order valence-electron chi connectivity index (χ2n) is 5.16. The Morgan fingerprint density at radius 3 is 2.61 bits per heavy atom. The van der Waals surface area contributed by atoms with Crippen LogP contribution in [-0.4, -0.2) is 16.4 Å². The lowest BCUT2D eigenvalue weighted by molar-refractivity contribution is 0.580. The fourth-order valence-corrected chi connectivity index (χ4v) is 1.80. The number of aromatic nitrogens is 1. The molecular formula is C14H18N4. The van der Waals surface area contributed by atoms with Gasteiger partial charge in [0, 0.05) is 17.1 Å². The van der Waals surface area contributed by atoms with E-state index in [9.17, 15) is 0 Å². The van der Waals surface area contributed by atoms with E-state index >= 15 is 0 Å². The number of benzene rings is 1. The number of hydrogen-bond donors (Lipinski definition) is 2. The third-order valence-corrected chi connectivity index (χ3v) is 2.47. The summed E-state index contributed by atoms with van der Waals surface area (Å²) >= 11 is 0. The first-order chi connectivity index (χ1) is 8.51. The van der Waals surface area contributed by atoms with Gasteiger partial charge in [-0.15, -0.1) is 0 Å². The van der Waals surface area contributed by atoms with E-state index in [-0.39, 0.29) is 5.54 Å². The van der Waals surface area contributed by atoms with Gasteiger partial charge in [-0.05, 0) is 32.9 Å². The molecule has 1 aromatic heterocycles. The molecule has 18 heavy (non-hydrogen) atoms. The number of nitrogens with one attached hydrogen (secondary N) is 1. The number of rotatable bonds is 1. The second kappa shape index (κ2) is 4.74. The highest BCUT2D eigenvalue weighted by atomic mass is 15.3. The van der Waals surface area contributed by atoms with Gasteiger partial charge in [0.05, 0.1) is 11.1 Å². The molecule has 0 amide bonds. The van der Waals surface area contributed by atoms with E-state index < -0.39 is 0 Å². The molecule has 4 heteroatoms. The van der Waals surface area contributed by atoms with Crippen LogP contribution in [0.15, 0.2) is 41.5 Å². The van der Waals surface area contributed by atoms with Crippen molar-refractivity contribution >= 4 is 16.7 Å². The molecule has 2 aromatic rings. The largest absolute Gasteiger partial charge is 0.308 e. The number of pyridine rings is 1. The minimum atomic E-state index is -0.196. The molecule has 0 atom stereocenters. The van der Waals surface area contributed by atoms with Gasteiger partial charge in [0.2, 0.25) is 0 Å². The summed E-state index contributed by atoms with van der Waals surface area (Å²) in [5.41, 5.74) is 4.31. The highest BCUT2D eigenvalue weighted by Gasteiger charge is 2.13. The van der Waals surface area contributed by atoms with Crippen LogP contribution < -0.4 is 11.3 Å². The predicted octanol–water partition coefficient (Wildman–Crippen LogP) is 2.24. The molecule has 0 spiro atoms. The predicted molar refractivity (Wildman–Crippen MR) is 75.4 cm³/mol. The lowest BCUT2D eigenvalue weighted by Gasteiger charge is -2.16. The lowest BCUT2D eigenvalue weighted by Crippen LogP contribution is -2.33. The van der Waals surface area contributed by atoms with Crippen molar-refractivity contribution < 1.29 is 0 Å². The zero-order valence-corrected chi connectivity index (χ0v) is 10.9. The van der Waals surface area contributed by atoms with Gasteiger partial charge in [-0.2, -0.15) is 0 Å². The molecule has 0 fully saturated rings. The van der Waals surface area contributed by atoms with E-state index in [1.807, 2.05) is 51.1 Å². The Kier molecular flexibility index (Phi) is 3.30. The summed E-state index contributed by atoms with van der Waals surface area (Å²) < 4.78 is 0. The Hall–Kier alpha value is -1.94. The zero-order chi connectivity index (χ0) is 13.2. The van der Waals surface area contributed by atoms with Crippen molar-refractivity contribution in [1.82, 2.24) is 10.4 Å². The van der Waals surface area contributed by atoms with Crippen molar-refractivity contribution in [2.45, 2.75) is 26.3 Å². The summed E-state index contributed by atoms with van der Waals surface area (Å²) in [5, 5.41) is 1.08. The molecule has 0 saturated carbocycles. The number of nitrogens with two attached hydrogens (primary N) is 1. The molecule has 0 bridgehead atoms. The molecule has 4 nitrogen and oxygen atoms in total. The first kappa shape index (κ1) is 12.5. The maximum Gasteiger partial charge on any atom is 0.145 e. The van der Waals surface area contributed by atoms with Crippen LogP contribution in [-0.2, 0) is 0 Å². The van der Waals surface area contributed by atoms with Crippen LogP contribution in [0.25, 0.3) is 10.9 Å². The molecule has 0 unspecified atom stereocenters. The fourth-order valence-electron chi connectivity index (χ4n) is 1.80. The Balaban J connectivity index is 2.63. The normalized spacial score (nSPS) is 12.8. The maximum atomic E-state index is 5.59. The molecule has 0 aliphatic carbocycles. The number of amidine groups is 1. The van der Waals surface area contributed by atoms with Crippen molar-refractivity contribution in [1.29, 1.82) is 0 Å². The van der Waals surface area contributed by atoms with Gasteiger partial charge in [0.1, 0.15) is 5.84 Å². The average molecular weight is 242 g/mol. The SMILES string of the molecule is CC(C)(C)N=C(NN)c1cccc2cccnc12. The van der Waals surface area contributed by atoms with Gasteiger partial charge in [0.25, 0.3) is 0 Å². The van der Waals surface area contributed by atoms with E-state index in [0.717, 1.165) is 16.5 Å². The summed E-state index contributed by atoms with van der Waals surface area (Å²) in [6, 6.07) is 9.92. The summed E-state index contributed by atoms with van der Waals surface area (Å²) in [6.07, 6.45) is 1.77. The van der Waals surface area contributed by atoms with Crippen LogP contribution in [0.5, 0.6) is 0 Å². The third kappa shape index (κ3) is 2.65. The van der Waals surface area contributed by atoms with Crippen LogP contribution in [0.3, 0.4) is 0 Å². The highest BCUT2D eigenvalue weighted by molar-refractivity contribution is 6.08. The van der Waals surface area contributed by atoms with Gasteiger partial charge in [-0.3, -0.25) is 9.98 Å². The topological polar surface area (TPSA) is 63.3 Å². The van der Waals surface area contributed by atoms with E-state index in [2.05, 4.69) is 15.4 Å². The Bertz CT molecular complexity index is 576. The lowest BCUT2D eigenvalue weighted by atomic mass is 10.1. The summed E-state index contributed by atoms with van der Waals surface area (Å²) in [7, 11) is 0. The molecule has 2 rings (SSSR count). The summed E-state index contributed by atoms with van der Waals surface area (Å²) in [5.74, 6) is 6.25. The first-order valence-corrected chi connectivity index (χ1v) is 5.92. The van der Waals surface area contributed by atoms with Crippen LogP contribution in [0.2, 0.25) is 0 Å². The van der Waals surface area contributed by atoms with Gasteiger partial charge >= 0.3 is 0 Å². The molecule has 0 saturated heterocycles. The maximum absolute atomic E-state index is 5.59. The Labute approximate surface area is 107 Å². The molecule has 1 heterocycles. The Morgan fingerprint density at radius 1 is 1.22 bits per heavy atom. The molecule has 0 aliphatic heterocycles. The molecule has 1 aromatic carbocycles. The second-order valence-corrected chi connectivity index (χ2v) is 5.16. The summed E-state index contributed by atoms with van der Waals surface area (Å²) in [6.45, 7) is 6.09. The van der Waals surface area contributed by atoms with Gasteiger partial charge in [-0.25, -0.2) is 5.84 Å². The van der Waals surface area contributed by atoms with Gasteiger partial charge < -0.3 is 5.43 Å². The quantitative estimate of drug-likeness (QED) is 0.349. The van der Waals surface area contributed by atoms with Crippen molar-refractivity contribution in [3.05, 3.63) is 42.1 Å². The number of fused-ring (bicyclic) bond motifs is 1. The van der Waals surface area contributed by atoms with Crippen molar-refractivity contribution in [3.8, 4) is 0 Å². The third-order valence-electron chi connectivity index (χ3n) is 2.47. The molecule has 3 N–H and O–H groups in total. The number of hydrogen-bond acceptors (Lipinski definition) is 3. The summed E-state index contributed by atoms with van der Waals surface area (Å²) in [4.78, 5) is 8.99. The molecular weight excluding hydrogens is 224 g/mol. The Morgan fingerprint density at radius 2 is 1.94 bits per heavy atom. The average Bonchev–Trinajstić information content (AvgIpc) is 2.34. The minimum absolute atomic E-state index is 0.196. The monoisotopic (exact) mass is 242 g/mol. The van der Waals surface area contributed by atoms with E-state index in [1.165, 1.54) is 0 Å². The standard InChI is InChI=1S/C14H18N4/c1-14(2,3)17-13(18-15)11-8-4-6-10-7-5-9-16-12(10)11/h4-9H,15H2,1-3H3,(H,17,18). The van der Waals surface area contributed by atoms with Gasteiger partial charge in [0.15, 0.2) is 0 Å². The van der Waals surface area contributed by atoms with E-state index in [4.69, 9.17) is 5.84 Å². The number of aliphatic imine (C=N–C) groups is 1. The van der Waals surface area contributed by atoms with Crippen LogP contribution in [0, 0.1) is 0 Å². The smallest absolute Gasteiger partial charge is 0.145 e. The first-order valence-electron chi connectivity index (χ1n) is 5.92.